The van der Waals surface area contributed by atoms with Crippen molar-refractivity contribution in [3.63, 3.8) is 0 Å². The van der Waals surface area contributed by atoms with Gasteiger partial charge in [0.2, 0.25) is 0 Å². The molecule has 0 aliphatic rings. The lowest BCUT2D eigenvalue weighted by atomic mass is 10.1. The van der Waals surface area contributed by atoms with Crippen molar-refractivity contribution in [1.29, 1.82) is 0 Å². The zero-order valence-corrected chi connectivity index (χ0v) is 13.5. The van der Waals surface area contributed by atoms with Gasteiger partial charge in [0.15, 0.2) is 5.82 Å². The first-order valence-electron chi connectivity index (χ1n) is 6.49. The predicted molar refractivity (Wildman–Crippen MR) is 81.6 cm³/mol. The Balaban J connectivity index is 2.08. The lowest BCUT2D eigenvalue weighted by Crippen LogP contribution is -2.18. The maximum Gasteiger partial charge on any atom is 0.170 e. The number of halogens is 1. The highest BCUT2D eigenvalue weighted by molar-refractivity contribution is 9.10. The molecular weight excluding hydrogens is 320 g/mol. The Hall–Kier alpha value is -1.40. The highest BCUT2D eigenvalue weighted by atomic mass is 79.9. The van der Waals surface area contributed by atoms with Crippen LogP contribution < -0.4 is 10.5 Å². The van der Waals surface area contributed by atoms with E-state index in [1.807, 2.05) is 43.7 Å². The van der Waals surface area contributed by atoms with Crippen LogP contribution in [0, 0.1) is 6.92 Å². The van der Waals surface area contributed by atoms with Crippen LogP contribution in [0.3, 0.4) is 0 Å². The second kappa shape index (κ2) is 6.37. The van der Waals surface area contributed by atoms with E-state index in [-0.39, 0.29) is 6.04 Å². The molecule has 0 aliphatic carbocycles. The fourth-order valence-electron chi connectivity index (χ4n) is 1.87. The van der Waals surface area contributed by atoms with Gasteiger partial charge >= 0.3 is 0 Å². The van der Waals surface area contributed by atoms with Gasteiger partial charge in [0.1, 0.15) is 18.2 Å². The number of nitrogens with zero attached hydrogens (tertiary/aromatic N) is 3. The van der Waals surface area contributed by atoms with Gasteiger partial charge in [0.05, 0.1) is 0 Å². The topological polar surface area (TPSA) is 66.0 Å². The summed E-state index contributed by atoms with van der Waals surface area (Å²) in [7, 11) is 1.93. The molecule has 0 fully saturated rings. The van der Waals surface area contributed by atoms with Gasteiger partial charge in [-0.25, -0.2) is 0 Å². The Morgan fingerprint density at radius 1 is 1.40 bits per heavy atom. The fourth-order valence-corrected chi connectivity index (χ4v) is 2.28. The molecule has 1 atom stereocenters. The Morgan fingerprint density at radius 3 is 2.75 bits per heavy atom. The summed E-state index contributed by atoms with van der Waals surface area (Å²) in [6.45, 7) is 4.30. The fraction of sp³-hybridized carbons (Fsp3) is 0.429. The van der Waals surface area contributed by atoms with Gasteiger partial charge < -0.3 is 15.0 Å². The number of nitrogens with two attached hydrogens (primary N) is 1. The van der Waals surface area contributed by atoms with Crippen molar-refractivity contribution in [2.75, 3.05) is 0 Å². The van der Waals surface area contributed by atoms with Crippen LogP contribution in [0.5, 0.6) is 5.75 Å². The maximum atomic E-state index is 5.85. The highest BCUT2D eigenvalue weighted by Gasteiger charge is 2.08. The van der Waals surface area contributed by atoms with Crippen LogP contribution in [0.25, 0.3) is 0 Å². The molecule has 2 N–H and O–H groups in total. The molecule has 108 valence electrons. The van der Waals surface area contributed by atoms with E-state index in [4.69, 9.17) is 10.5 Å². The summed E-state index contributed by atoms with van der Waals surface area (Å²) in [5.41, 5.74) is 6.99. The molecule has 20 heavy (non-hydrogen) atoms. The van der Waals surface area contributed by atoms with E-state index < -0.39 is 0 Å². The van der Waals surface area contributed by atoms with Crippen molar-refractivity contribution in [1.82, 2.24) is 14.8 Å². The lowest BCUT2D eigenvalue weighted by molar-refractivity contribution is 0.290. The molecule has 5 nitrogen and oxygen atoms in total. The Morgan fingerprint density at radius 2 is 2.15 bits per heavy atom. The molecule has 0 radical (unpaired) electrons. The molecule has 2 rings (SSSR count). The molecule has 0 amide bonds. The van der Waals surface area contributed by atoms with E-state index in [0.29, 0.717) is 6.61 Å². The van der Waals surface area contributed by atoms with Gasteiger partial charge in [0.25, 0.3) is 0 Å². The third-order valence-corrected chi connectivity index (χ3v) is 3.88. The van der Waals surface area contributed by atoms with Crippen molar-refractivity contribution in [2.24, 2.45) is 12.8 Å². The van der Waals surface area contributed by atoms with Gasteiger partial charge in [-0.1, -0.05) is 15.9 Å². The summed E-state index contributed by atoms with van der Waals surface area (Å²) in [5, 5.41) is 8.09. The second-order valence-electron chi connectivity index (χ2n) is 4.95. The van der Waals surface area contributed by atoms with Crippen molar-refractivity contribution in [3.05, 3.63) is 39.9 Å². The zero-order valence-electron chi connectivity index (χ0n) is 11.9. The molecule has 0 bridgehead atoms. The van der Waals surface area contributed by atoms with Crippen LogP contribution in [0.4, 0.5) is 0 Å². The van der Waals surface area contributed by atoms with Crippen LogP contribution in [-0.4, -0.2) is 20.8 Å². The number of rotatable bonds is 5. The molecule has 0 saturated heterocycles. The van der Waals surface area contributed by atoms with Crippen LogP contribution >= 0.6 is 15.9 Å². The van der Waals surface area contributed by atoms with E-state index in [0.717, 1.165) is 33.9 Å². The number of aryl methyl sites for hydroxylation is 1. The number of hydrogen-bond donors (Lipinski definition) is 1. The van der Waals surface area contributed by atoms with E-state index in [2.05, 4.69) is 26.1 Å². The summed E-state index contributed by atoms with van der Waals surface area (Å²) in [5.74, 6) is 2.49. The summed E-state index contributed by atoms with van der Waals surface area (Å²) in [4.78, 5) is 0. The van der Waals surface area contributed by atoms with Gasteiger partial charge in [-0.2, -0.15) is 0 Å². The van der Waals surface area contributed by atoms with Crippen molar-refractivity contribution < 1.29 is 4.74 Å². The van der Waals surface area contributed by atoms with Crippen molar-refractivity contribution >= 4 is 15.9 Å². The molecule has 2 aromatic rings. The molecule has 0 aliphatic heterocycles. The van der Waals surface area contributed by atoms with E-state index >= 15 is 0 Å². The SMILES string of the molecule is Cc1nnc(COc2ccc(Br)c(CC(C)N)c2)n1C. The van der Waals surface area contributed by atoms with Gasteiger partial charge in [-0.05, 0) is 44.0 Å². The summed E-state index contributed by atoms with van der Waals surface area (Å²) >= 11 is 3.53. The summed E-state index contributed by atoms with van der Waals surface area (Å²) in [6, 6.07) is 6.03. The molecule has 0 saturated carbocycles. The zero-order chi connectivity index (χ0) is 14.7. The predicted octanol–water partition coefficient (Wildman–Crippen LogP) is 2.35. The average Bonchev–Trinajstić information content (AvgIpc) is 2.70. The standard InChI is InChI=1S/C14H19BrN4O/c1-9(16)6-11-7-12(4-5-13(11)15)20-8-14-18-17-10(2)19(14)3/h4-5,7,9H,6,8,16H2,1-3H3. The Bertz CT molecular complexity index is 595. The van der Waals surface area contributed by atoms with E-state index in [1.165, 1.54) is 0 Å². The molecule has 1 aromatic carbocycles. The van der Waals surface area contributed by atoms with Gasteiger partial charge in [-0.15, -0.1) is 10.2 Å². The molecule has 6 heteroatoms. The first kappa shape index (κ1) is 15.0. The average molecular weight is 339 g/mol. The first-order valence-corrected chi connectivity index (χ1v) is 7.28. The number of ether oxygens (including phenoxy) is 1. The number of benzene rings is 1. The number of aromatic nitrogens is 3. The Kier molecular flexibility index (Phi) is 4.77. The van der Waals surface area contributed by atoms with Crippen LogP contribution in [0.1, 0.15) is 24.1 Å². The van der Waals surface area contributed by atoms with Gasteiger partial charge in [-0.3, -0.25) is 0 Å². The van der Waals surface area contributed by atoms with Crippen molar-refractivity contribution in [3.8, 4) is 5.75 Å². The van der Waals surface area contributed by atoms with Crippen LogP contribution in [0.2, 0.25) is 0 Å². The van der Waals surface area contributed by atoms with Crippen LogP contribution in [-0.2, 0) is 20.1 Å². The summed E-state index contributed by atoms with van der Waals surface area (Å²) in [6.07, 6.45) is 0.806. The minimum Gasteiger partial charge on any atom is -0.486 e. The largest absolute Gasteiger partial charge is 0.486 e. The molecule has 1 unspecified atom stereocenters. The smallest absolute Gasteiger partial charge is 0.170 e. The molecule has 1 heterocycles. The van der Waals surface area contributed by atoms with Gasteiger partial charge in [0, 0.05) is 17.6 Å². The monoisotopic (exact) mass is 338 g/mol. The molecular formula is C14H19BrN4O. The van der Waals surface area contributed by atoms with Crippen molar-refractivity contribution in [2.45, 2.75) is 32.9 Å². The Labute approximate surface area is 127 Å². The normalized spacial score (nSPS) is 12.4. The maximum absolute atomic E-state index is 5.85. The minimum absolute atomic E-state index is 0.114. The van der Waals surface area contributed by atoms with E-state index in [1.54, 1.807) is 0 Å². The molecule has 1 aromatic heterocycles. The highest BCUT2D eigenvalue weighted by Crippen LogP contribution is 2.24. The third-order valence-electron chi connectivity index (χ3n) is 3.11. The summed E-state index contributed by atoms with van der Waals surface area (Å²) < 4.78 is 8.75. The van der Waals surface area contributed by atoms with E-state index in [9.17, 15) is 0 Å². The second-order valence-corrected chi connectivity index (χ2v) is 5.80. The minimum atomic E-state index is 0.114. The number of hydrogen-bond acceptors (Lipinski definition) is 4. The third kappa shape index (κ3) is 3.58. The first-order chi connectivity index (χ1) is 9.47. The molecule has 0 spiro atoms. The van der Waals surface area contributed by atoms with Crippen LogP contribution in [0.15, 0.2) is 22.7 Å². The lowest BCUT2D eigenvalue weighted by Gasteiger charge is -2.11. The quantitative estimate of drug-likeness (QED) is 0.908.